The van der Waals surface area contributed by atoms with Gasteiger partial charge in [0.25, 0.3) is 0 Å². The van der Waals surface area contributed by atoms with Crippen LogP contribution >= 0.6 is 0 Å². The van der Waals surface area contributed by atoms with Crippen molar-refractivity contribution in [3.8, 4) is 0 Å². The van der Waals surface area contributed by atoms with Gasteiger partial charge in [-0.3, -0.25) is 0 Å². The summed E-state index contributed by atoms with van der Waals surface area (Å²) in [6.45, 7) is 19.9. The molecule has 0 aromatic carbocycles. The van der Waals surface area contributed by atoms with E-state index in [2.05, 4.69) is 62.3 Å². The molecule has 2 atom stereocenters. The molecule has 1 aliphatic carbocycles. The highest BCUT2D eigenvalue weighted by Crippen LogP contribution is 2.50. The van der Waals surface area contributed by atoms with Crippen molar-refractivity contribution in [2.24, 2.45) is 22.2 Å². The highest BCUT2D eigenvalue weighted by molar-refractivity contribution is 4.94. The Bertz CT molecular complexity index is 366. The summed E-state index contributed by atoms with van der Waals surface area (Å²) >= 11 is 0. The Labute approximate surface area is 145 Å². The van der Waals surface area contributed by atoms with Crippen molar-refractivity contribution in [3.63, 3.8) is 0 Å². The van der Waals surface area contributed by atoms with Crippen molar-refractivity contribution >= 4 is 0 Å². The minimum Gasteiger partial charge on any atom is -0.367 e. The van der Waals surface area contributed by atoms with Crippen LogP contribution in [0.25, 0.3) is 0 Å². The van der Waals surface area contributed by atoms with Crippen LogP contribution in [0.15, 0.2) is 0 Å². The van der Waals surface area contributed by atoms with Gasteiger partial charge in [-0.2, -0.15) is 0 Å². The molecule has 0 radical (unpaired) electrons. The minimum absolute atomic E-state index is 0.0255. The van der Waals surface area contributed by atoms with Gasteiger partial charge in [0.2, 0.25) is 0 Å². The van der Waals surface area contributed by atoms with E-state index < -0.39 is 6.29 Å². The van der Waals surface area contributed by atoms with Crippen LogP contribution in [0.1, 0.15) is 101 Å². The molecular weight excluding hydrogens is 284 g/mol. The number of aliphatic hydroxyl groups excluding tert-OH is 1. The molecule has 2 nitrogen and oxygen atoms in total. The first-order chi connectivity index (χ1) is 10.2. The molecule has 2 heteroatoms. The van der Waals surface area contributed by atoms with E-state index in [9.17, 15) is 5.11 Å². The van der Waals surface area contributed by atoms with E-state index in [0.29, 0.717) is 5.92 Å². The molecule has 1 N–H and O–H groups in total. The molecule has 0 amide bonds. The van der Waals surface area contributed by atoms with E-state index in [0.717, 1.165) is 6.42 Å². The van der Waals surface area contributed by atoms with Crippen molar-refractivity contribution in [3.05, 3.63) is 0 Å². The van der Waals surface area contributed by atoms with E-state index in [1.165, 1.54) is 32.1 Å². The lowest BCUT2D eigenvalue weighted by atomic mass is 9.60. The zero-order valence-electron chi connectivity index (χ0n) is 17.3. The molecule has 138 valence electrons. The van der Waals surface area contributed by atoms with E-state index in [-0.39, 0.29) is 21.8 Å². The summed E-state index contributed by atoms with van der Waals surface area (Å²) in [6, 6.07) is 0. The summed E-state index contributed by atoms with van der Waals surface area (Å²) in [6.07, 6.45) is 6.59. The van der Waals surface area contributed by atoms with Gasteiger partial charge in [-0.25, -0.2) is 0 Å². The van der Waals surface area contributed by atoms with Gasteiger partial charge in [0.05, 0.1) is 5.60 Å². The fraction of sp³-hybridized carbons (Fsp3) is 1.00. The fourth-order valence-electron chi connectivity index (χ4n) is 4.14. The molecule has 0 saturated heterocycles. The summed E-state index contributed by atoms with van der Waals surface area (Å²) in [7, 11) is 0. The van der Waals surface area contributed by atoms with Crippen LogP contribution in [-0.2, 0) is 4.74 Å². The number of rotatable bonds is 5. The third-order valence-corrected chi connectivity index (χ3v) is 6.16. The van der Waals surface area contributed by atoms with Crippen LogP contribution in [0.3, 0.4) is 0 Å². The molecule has 0 bridgehead atoms. The molecule has 0 heterocycles. The van der Waals surface area contributed by atoms with Crippen molar-refractivity contribution in [1.82, 2.24) is 0 Å². The molecule has 0 aromatic heterocycles. The van der Waals surface area contributed by atoms with Crippen LogP contribution < -0.4 is 0 Å². The third kappa shape index (κ3) is 5.46. The molecule has 1 fully saturated rings. The number of hydrogen-bond donors (Lipinski definition) is 1. The van der Waals surface area contributed by atoms with Gasteiger partial charge in [0.15, 0.2) is 6.29 Å². The van der Waals surface area contributed by atoms with Gasteiger partial charge in [0.1, 0.15) is 0 Å². The predicted molar refractivity (Wildman–Crippen MR) is 99.4 cm³/mol. The SMILES string of the molecule is CC(C)(C)CC(C)(C(O)OC(C)(C)C1CCCCC1)C(C)(C)C. The van der Waals surface area contributed by atoms with Crippen LogP contribution in [0.2, 0.25) is 0 Å². The molecule has 2 unspecified atom stereocenters. The number of ether oxygens (including phenoxy) is 1. The number of aliphatic hydroxyl groups is 1. The first-order valence-electron chi connectivity index (χ1n) is 9.55. The maximum absolute atomic E-state index is 11.1. The zero-order chi connectivity index (χ0) is 18.1. The topological polar surface area (TPSA) is 29.5 Å². The Morgan fingerprint density at radius 2 is 1.35 bits per heavy atom. The second-order valence-electron chi connectivity index (χ2n) is 10.8. The van der Waals surface area contributed by atoms with Crippen molar-refractivity contribution in [2.45, 2.75) is 113 Å². The normalized spacial score (nSPS) is 22.7. The Morgan fingerprint density at radius 3 is 1.74 bits per heavy atom. The lowest BCUT2D eigenvalue weighted by Crippen LogP contribution is -2.51. The van der Waals surface area contributed by atoms with Crippen molar-refractivity contribution in [1.29, 1.82) is 0 Å². The third-order valence-electron chi connectivity index (χ3n) is 6.16. The van der Waals surface area contributed by atoms with Crippen molar-refractivity contribution in [2.75, 3.05) is 0 Å². The molecule has 1 rings (SSSR count). The second-order valence-corrected chi connectivity index (χ2v) is 10.8. The summed E-state index contributed by atoms with van der Waals surface area (Å²) < 4.78 is 6.37. The van der Waals surface area contributed by atoms with E-state index in [1.54, 1.807) is 0 Å². The monoisotopic (exact) mass is 326 g/mol. The summed E-state index contributed by atoms with van der Waals surface area (Å²) in [5, 5.41) is 11.1. The zero-order valence-corrected chi connectivity index (χ0v) is 17.3. The molecular formula is C21H42O2. The molecule has 0 aromatic rings. The molecule has 1 saturated carbocycles. The van der Waals surface area contributed by atoms with E-state index in [4.69, 9.17) is 4.74 Å². The predicted octanol–water partition coefficient (Wildman–Crippen LogP) is 6.17. The van der Waals surface area contributed by atoms with Crippen LogP contribution in [0.5, 0.6) is 0 Å². The standard InChI is InChI=1S/C21H42O2/c1-18(2,3)15-21(9,19(4,5)6)17(22)23-20(7,8)16-13-11-10-12-14-16/h16-17,22H,10-15H2,1-9H3. The maximum atomic E-state index is 11.1. The first-order valence-corrected chi connectivity index (χ1v) is 9.55. The van der Waals surface area contributed by atoms with Crippen LogP contribution in [-0.4, -0.2) is 17.0 Å². The summed E-state index contributed by atoms with van der Waals surface area (Å²) in [5.74, 6) is 0.560. The minimum atomic E-state index is -0.737. The smallest absolute Gasteiger partial charge is 0.161 e. The molecule has 0 aliphatic heterocycles. The Kier molecular flexibility index (Phi) is 6.41. The largest absolute Gasteiger partial charge is 0.367 e. The van der Waals surface area contributed by atoms with E-state index >= 15 is 0 Å². The average Bonchev–Trinajstić information content (AvgIpc) is 2.35. The second kappa shape index (κ2) is 7.04. The Hall–Kier alpha value is -0.0800. The molecule has 0 spiro atoms. The van der Waals surface area contributed by atoms with Crippen LogP contribution in [0.4, 0.5) is 0 Å². The first kappa shape index (κ1) is 21.0. The Morgan fingerprint density at radius 1 is 0.870 bits per heavy atom. The van der Waals surface area contributed by atoms with Gasteiger partial charge in [-0.05, 0) is 49.9 Å². The van der Waals surface area contributed by atoms with Gasteiger partial charge in [-0.1, -0.05) is 67.7 Å². The average molecular weight is 327 g/mol. The molecule has 23 heavy (non-hydrogen) atoms. The van der Waals surface area contributed by atoms with Gasteiger partial charge < -0.3 is 9.84 Å². The van der Waals surface area contributed by atoms with Crippen molar-refractivity contribution < 1.29 is 9.84 Å². The van der Waals surface area contributed by atoms with E-state index in [1.807, 2.05) is 0 Å². The molecule has 1 aliphatic rings. The lowest BCUT2D eigenvalue weighted by molar-refractivity contribution is -0.267. The fourth-order valence-corrected chi connectivity index (χ4v) is 4.14. The highest BCUT2D eigenvalue weighted by Gasteiger charge is 2.48. The highest BCUT2D eigenvalue weighted by atomic mass is 16.6. The van der Waals surface area contributed by atoms with Gasteiger partial charge in [-0.15, -0.1) is 0 Å². The quantitative estimate of drug-likeness (QED) is 0.612. The lowest BCUT2D eigenvalue weighted by Gasteiger charge is -2.51. The number of hydrogen-bond acceptors (Lipinski definition) is 2. The summed E-state index contributed by atoms with van der Waals surface area (Å²) in [4.78, 5) is 0. The van der Waals surface area contributed by atoms with Gasteiger partial charge in [0, 0.05) is 5.41 Å². The van der Waals surface area contributed by atoms with Gasteiger partial charge >= 0.3 is 0 Å². The van der Waals surface area contributed by atoms with Crippen LogP contribution in [0, 0.1) is 22.2 Å². The maximum Gasteiger partial charge on any atom is 0.161 e. The summed E-state index contributed by atoms with van der Waals surface area (Å²) in [5.41, 5.74) is -0.412. The Balaban J connectivity index is 2.94.